The van der Waals surface area contributed by atoms with Gasteiger partial charge in [-0.2, -0.15) is 0 Å². The Morgan fingerprint density at radius 2 is 1.73 bits per heavy atom. The van der Waals surface area contributed by atoms with Crippen LogP contribution in [0.4, 0.5) is 5.13 Å². The van der Waals surface area contributed by atoms with Crippen LogP contribution in [0.2, 0.25) is 0 Å². The topological polar surface area (TPSA) is 91.5 Å². The third-order valence-electron chi connectivity index (χ3n) is 3.83. The monoisotopic (exact) mass is 390 g/mol. The van der Waals surface area contributed by atoms with Gasteiger partial charge in [-0.25, -0.2) is 13.4 Å². The molecule has 0 spiro atoms. The molecule has 1 heterocycles. The largest absolute Gasteiger partial charge is 0.493 e. The van der Waals surface area contributed by atoms with Gasteiger partial charge in [-0.1, -0.05) is 35.6 Å². The van der Waals surface area contributed by atoms with Crippen LogP contribution in [0.25, 0.3) is 10.4 Å². The minimum absolute atomic E-state index is 0.104. The third-order valence-corrected chi connectivity index (χ3v) is 6.39. The van der Waals surface area contributed by atoms with Crippen molar-refractivity contribution in [2.24, 2.45) is 0 Å². The molecule has 2 aromatic carbocycles. The predicted octanol–water partition coefficient (Wildman–Crippen LogP) is 3.38. The number of nitrogens with zero attached hydrogens (tertiary/aromatic N) is 1. The second-order valence-electron chi connectivity index (χ2n) is 5.54. The average Bonchev–Trinajstić information content (AvgIpc) is 3.07. The molecule has 3 rings (SSSR count). The molecule has 0 aliphatic carbocycles. The molecule has 6 nitrogen and oxygen atoms in total. The zero-order chi connectivity index (χ0) is 18.7. The van der Waals surface area contributed by atoms with Gasteiger partial charge < -0.3 is 15.2 Å². The maximum atomic E-state index is 12.7. The van der Waals surface area contributed by atoms with E-state index in [1.54, 1.807) is 24.4 Å². The quantitative estimate of drug-likeness (QED) is 0.694. The number of anilines is 1. The predicted molar refractivity (Wildman–Crippen MR) is 102 cm³/mol. The van der Waals surface area contributed by atoms with Gasteiger partial charge in [-0.3, -0.25) is 0 Å². The van der Waals surface area contributed by atoms with Crippen LogP contribution in [0.15, 0.2) is 53.6 Å². The van der Waals surface area contributed by atoms with Gasteiger partial charge in [0.2, 0.25) is 0 Å². The number of nitrogen functional groups attached to an aromatic ring is 1. The summed E-state index contributed by atoms with van der Waals surface area (Å²) in [5.41, 5.74) is 7.29. The van der Waals surface area contributed by atoms with Gasteiger partial charge in [0.25, 0.3) is 0 Å². The van der Waals surface area contributed by atoms with Gasteiger partial charge >= 0.3 is 0 Å². The van der Waals surface area contributed by atoms with E-state index in [1.165, 1.54) is 37.7 Å². The van der Waals surface area contributed by atoms with Gasteiger partial charge in [0.15, 0.2) is 26.5 Å². The molecule has 0 saturated carbocycles. The number of hydrogen-bond donors (Lipinski definition) is 1. The second kappa shape index (κ2) is 7.35. The molecule has 0 radical (unpaired) electrons. The van der Waals surface area contributed by atoms with Gasteiger partial charge in [0.1, 0.15) is 0 Å². The Balaban J connectivity index is 1.83. The molecule has 0 saturated heterocycles. The number of methoxy groups -OCH3 is 2. The summed E-state index contributed by atoms with van der Waals surface area (Å²) in [4.78, 5) is 5.15. The fraction of sp³-hybridized carbons (Fsp3) is 0.167. The van der Waals surface area contributed by atoms with Crippen molar-refractivity contribution in [2.45, 2.75) is 10.6 Å². The van der Waals surface area contributed by atoms with Crippen LogP contribution >= 0.6 is 11.3 Å². The normalized spacial score (nSPS) is 11.3. The molecule has 0 fully saturated rings. The third kappa shape index (κ3) is 3.81. The number of benzene rings is 2. The lowest BCUT2D eigenvalue weighted by molar-refractivity contribution is 0.354. The van der Waals surface area contributed by atoms with Crippen molar-refractivity contribution in [3.63, 3.8) is 0 Å². The first-order valence-corrected chi connectivity index (χ1v) is 10.1. The molecular weight excluding hydrogens is 372 g/mol. The first kappa shape index (κ1) is 18.2. The van der Waals surface area contributed by atoms with Crippen LogP contribution in [0.5, 0.6) is 11.5 Å². The van der Waals surface area contributed by atoms with E-state index in [-0.39, 0.29) is 10.6 Å². The summed E-state index contributed by atoms with van der Waals surface area (Å²) >= 11 is 1.39. The molecule has 1 aromatic heterocycles. The minimum Gasteiger partial charge on any atom is -0.493 e. The molecule has 2 N–H and O–H groups in total. The Kier molecular flexibility index (Phi) is 5.15. The molecule has 0 aliphatic rings. The highest BCUT2D eigenvalue weighted by atomic mass is 32.2. The smallest absolute Gasteiger partial charge is 0.182 e. The first-order valence-electron chi connectivity index (χ1n) is 7.68. The standard InChI is InChI=1S/C18H18N2O4S2/c1-23-15-8-7-14(9-16(15)24-2)26(21,22)11-12-3-5-13(6-4-12)17-10-20-18(19)25-17/h3-10H,11H2,1-2H3,(H2,19,20). The van der Waals surface area contributed by atoms with E-state index in [0.717, 1.165) is 10.4 Å². The van der Waals surface area contributed by atoms with Crippen LogP contribution in [0.3, 0.4) is 0 Å². The molecule has 0 atom stereocenters. The van der Waals surface area contributed by atoms with E-state index in [1.807, 2.05) is 12.1 Å². The molecule has 0 unspecified atom stereocenters. The number of aromatic nitrogens is 1. The van der Waals surface area contributed by atoms with Crippen LogP contribution < -0.4 is 15.2 Å². The number of nitrogens with two attached hydrogens (primary N) is 1. The Labute approximate surface area is 156 Å². The highest BCUT2D eigenvalue weighted by Crippen LogP contribution is 2.31. The maximum absolute atomic E-state index is 12.7. The van der Waals surface area contributed by atoms with Crippen molar-refractivity contribution in [1.82, 2.24) is 4.98 Å². The van der Waals surface area contributed by atoms with Gasteiger partial charge in [0, 0.05) is 12.3 Å². The van der Waals surface area contributed by atoms with Crippen LogP contribution in [0, 0.1) is 0 Å². The summed E-state index contributed by atoms with van der Waals surface area (Å²) in [5.74, 6) is 0.763. The van der Waals surface area contributed by atoms with Crippen molar-refractivity contribution >= 4 is 26.3 Å². The number of rotatable bonds is 6. The van der Waals surface area contributed by atoms with Gasteiger partial charge in [-0.15, -0.1) is 0 Å². The maximum Gasteiger partial charge on any atom is 0.182 e. The summed E-state index contributed by atoms with van der Waals surface area (Å²) < 4.78 is 35.7. The zero-order valence-corrected chi connectivity index (χ0v) is 15.9. The van der Waals surface area contributed by atoms with Crippen molar-refractivity contribution < 1.29 is 17.9 Å². The van der Waals surface area contributed by atoms with Crippen molar-refractivity contribution in [1.29, 1.82) is 0 Å². The highest BCUT2D eigenvalue weighted by molar-refractivity contribution is 7.90. The number of thiazole rings is 1. The summed E-state index contributed by atoms with van der Waals surface area (Å²) in [7, 11) is -0.534. The van der Waals surface area contributed by atoms with E-state index in [2.05, 4.69) is 4.98 Å². The fourth-order valence-electron chi connectivity index (χ4n) is 2.50. The van der Waals surface area contributed by atoms with Gasteiger partial charge in [-0.05, 0) is 23.3 Å². The lowest BCUT2D eigenvalue weighted by Crippen LogP contribution is -2.05. The van der Waals surface area contributed by atoms with Crippen molar-refractivity contribution in [3.8, 4) is 21.9 Å². The van der Waals surface area contributed by atoms with Crippen LogP contribution in [-0.4, -0.2) is 27.6 Å². The number of sulfone groups is 1. The van der Waals surface area contributed by atoms with E-state index < -0.39 is 9.84 Å². The van der Waals surface area contributed by atoms with E-state index in [4.69, 9.17) is 15.2 Å². The summed E-state index contributed by atoms with van der Waals surface area (Å²) in [6, 6.07) is 11.9. The highest BCUT2D eigenvalue weighted by Gasteiger charge is 2.18. The molecule has 0 aliphatic heterocycles. The van der Waals surface area contributed by atoms with Crippen molar-refractivity contribution in [2.75, 3.05) is 20.0 Å². The Hall–Kier alpha value is -2.58. The average molecular weight is 390 g/mol. The zero-order valence-electron chi connectivity index (χ0n) is 14.3. The Morgan fingerprint density at radius 1 is 1.04 bits per heavy atom. The Bertz CT molecular complexity index is 1010. The lowest BCUT2D eigenvalue weighted by atomic mass is 10.1. The minimum atomic E-state index is -3.51. The number of hydrogen-bond acceptors (Lipinski definition) is 7. The number of ether oxygens (including phenoxy) is 2. The van der Waals surface area contributed by atoms with E-state index in [0.29, 0.717) is 22.2 Å². The summed E-state index contributed by atoms with van der Waals surface area (Å²) in [6.45, 7) is 0. The fourth-order valence-corrected chi connectivity index (χ4v) is 4.55. The second-order valence-corrected chi connectivity index (χ2v) is 8.59. The molecule has 0 bridgehead atoms. The molecule has 26 heavy (non-hydrogen) atoms. The molecule has 136 valence electrons. The SMILES string of the molecule is COc1ccc(S(=O)(=O)Cc2ccc(-c3cnc(N)s3)cc2)cc1OC. The van der Waals surface area contributed by atoms with Crippen LogP contribution in [-0.2, 0) is 15.6 Å². The molecule has 8 heteroatoms. The molecule has 0 amide bonds. The van der Waals surface area contributed by atoms with Gasteiger partial charge in [0.05, 0.1) is 29.7 Å². The molecule has 3 aromatic rings. The van der Waals surface area contributed by atoms with E-state index >= 15 is 0 Å². The lowest BCUT2D eigenvalue weighted by Gasteiger charge is -2.10. The molecular formula is C18H18N2O4S2. The first-order chi connectivity index (χ1) is 12.4. The van der Waals surface area contributed by atoms with E-state index in [9.17, 15) is 8.42 Å². The summed E-state index contributed by atoms with van der Waals surface area (Å²) in [6.07, 6.45) is 1.70. The summed E-state index contributed by atoms with van der Waals surface area (Å²) in [5, 5.41) is 0.500. The Morgan fingerprint density at radius 3 is 2.31 bits per heavy atom. The van der Waals surface area contributed by atoms with Crippen molar-refractivity contribution in [3.05, 3.63) is 54.2 Å². The van der Waals surface area contributed by atoms with Crippen LogP contribution in [0.1, 0.15) is 5.56 Å².